The molecule has 0 amide bonds. The number of rotatable bonds is 10. The number of fused-ring (bicyclic) bond motifs is 2. The molecule has 0 spiro atoms. The van der Waals surface area contributed by atoms with Crippen LogP contribution in [0.5, 0.6) is 11.5 Å². The minimum Gasteiger partial charge on any atom is -0.505 e. The summed E-state index contributed by atoms with van der Waals surface area (Å²) in [5.41, 5.74) is 7.26. The van der Waals surface area contributed by atoms with Crippen LogP contribution in [0.1, 0.15) is 0 Å². The van der Waals surface area contributed by atoms with Gasteiger partial charge in [0, 0.05) is 10.8 Å². The number of nitrogens with two attached hydrogens (primary N) is 1. The third-order valence-electron chi connectivity index (χ3n) is 8.28. The van der Waals surface area contributed by atoms with Crippen molar-refractivity contribution in [3.63, 3.8) is 0 Å². The smallest absolute Gasteiger partial charge is 0.296 e. The summed E-state index contributed by atoms with van der Waals surface area (Å²) < 4.78 is 69.9. The standard InChI is InChI=1S/C38H27N9O8S2/c39-35-31(21-32(56(50,51)52)29-17-18-30(38(49)34(29)35)45-42-24-9-5-2-6-10-24)46-44-27-15-16-28-22(19-27)20-33(57(53,54)55)36(37(28)48)47-43-26-13-11-25(12-14-26)41-40-23-7-3-1-4-8-23/h1-21,48-49H,39H2,(H,50,51,52)(H,53,54,55). The fourth-order valence-corrected chi connectivity index (χ4v) is 6.93. The summed E-state index contributed by atoms with van der Waals surface area (Å²) in [6.07, 6.45) is 0. The molecule has 7 aromatic carbocycles. The van der Waals surface area contributed by atoms with Crippen LogP contribution >= 0.6 is 0 Å². The zero-order chi connectivity index (χ0) is 40.3. The molecule has 0 aliphatic rings. The molecule has 57 heavy (non-hydrogen) atoms. The van der Waals surface area contributed by atoms with Crippen molar-refractivity contribution in [3.8, 4) is 11.5 Å². The van der Waals surface area contributed by atoms with E-state index in [0.717, 1.165) is 12.1 Å². The van der Waals surface area contributed by atoms with E-state index in [1.54, 1.807) is 66.7 Å². The van der Waals surface area contributed by atoms with Crippen LogP contribution in [0.4, 0.5) is 51.2 Å². The Morgan fingerprint density at radius 1 is 0.439 bits per heavy atom. The molecule has 0 aliphatic carbocycles. The molecule has 0 atom stereocenters. The van der Waals surface area contributed by atoms with Gasteiger partial charge in [-0.05, 0) is 90.3 Å². The summed E-state index contributed by atoms with van der Waals surface area (Å²) >= 11 is 0. The van der Waals surface area contributed by atoms with Crippen LogP contribution in [-0.2, 0) is 20.2 Å². The second kappa shape index (κ2) is 15.4. The Hall–Kier alpha value is -7.32. The highest BCUT2D eigenvalue weighted by Crippen LogP contribution is 2.46. The molecule has 0 heterocycles. The zero-order valence-electron chi connectivity index (χ0n) is 29.0. The van der Waals surface area contributed by atoms with Gasteiger partial charge in [-0.25, -0.2) is 0 Å². The Kier molecular flexibility index (Phi) is 10.3. The van der Waals surface area contributed by atoms with Crippen molar-refractivity contribution in [1.29, 1.82) is 0 Å². The number of nitrogens with zero attached hydrogens (tertiary/aromatic N) is 8. The van der Waals surface area contributed by atoms with E-state index in [2.05, 4.69) is 40.9 Å². The number of hydrogen-bond acceptors (Lipinski definition) is 15. The van der Waals surface area contributed by atoms with E-state index in [1.807, 2.05) is 18.2 Å². The van der Waals surface area contributed by atoms with Crippen LogP contribution in [0, 0.1) is 0 Å². The van der Waals surface area contributed by atoms with Crippen molar-refractivity contribution >= 4 is 93.0 Å². The highest BCUT2D eigenvalue weighted by molar-refractivity contribution is 7.86. The second-order valence-electron chi connectivity index (χ2n) is 12.1. The molecular formula is C38H27N9O8S2. The monoisotopic (exact) mass is 801 g/mol. The Morgan fingerprint density at radius 2 is 0.912 bits per heavy atom. The van der Waals surface area contributed by atoms with E-state index < -0.39 is 47.2 Å². The fraction of sp³-hybridized carbons (Fsp3) is 0. The van der Waals surface area contributed by atoms with Crippen molar-refractivity contribution in [2.24, 2.45) is 40.9 Å². The quantitative estimate of drug-likeness (QED) is 0.0499. The molecule has 0 radical (unpaired) electrons. The van der Waals surface area contributed by atoms with E-state index in [1.165, 1.54) is 30.3 Å². The first-order valence-electron chi connectivity index (χ1n) is 16.5. The average Bonchev–Trinajstić information content (AvgIpc) is 3.19. The van der Waals surface area contributed by atoms with Crippen molar-refractivity contribution < 1.29 is 36.2 Å². The number of azo groups is 4. The summed E-state index contributed by atoms with van der Waals surface area (Å²) in [5.74, 6) is -1.16. The van der Waals surface area contributed by atoms with Gasteiger partial charge in [0.2, 0.25) is 0 Å². The lowest BCUT2D eigenvalue weighted by Crippen LogP contribution is -2.01. The maximum absolute atomic E-state index is 12.5. The molecule has 17 nitrogen and oxygen atoms in total. The Morgan fingerprint density at radius 3 is 1.49 bits per heavy atom. The molecule has 0 aromatic heterocycles. The molecule has 19 heteroatoms. The molecule has 0 aliphatic heterocycles. The van der Waals surface area contributed by atoms with Crippen LogP contribution in [0.2, 0.25) is 0 Å². The molecule has 0 saturated heterocycles. The lowest BCUT2D eigenvalue weighted by atomic mass is 10.1. The predicted octanol–water partition coefficient (Wildman–Crippen LogP) is 11.1. The Labute approximate surface area is 323 Å². The Bertz CT molecular complexity index is 3040. The molecule has 284 valence electrons. The third kappa shape index (κ3) is 8.35. The molecule has 7 aromatic rings. The summed E-state index contributed by atoms with van der Waals surface area (Å²) in [4.78, 5) is -1.39. The number of benzene rings is 7. The molecule has 0 unspecified atom stereocenters. The van der Waals surface area contributed by atoms with E-state index in [0.29, 0.717) is 17.1 Å². The summed E-state index contributed by atoms with van der Waals surface area (Å²) in [7, 11) is -9.85. The lowest BCUT2D eigenvalue weighted by Gasteiger charge is -2.12. The number of hydrogen-bond donors (Lipinski definition) is 5. The lowest BCUT2D eigenvalue weighted by molar-refractivity contribution is 0.472. The van der Waals surface area contributed by atoms with Gasteiger partial charge < -0.3 is 15.9 Å². The zero-order valence-corrected chi connectivity index (χ0v) is 30.7. The van der Waals surface area contributed by atoms with E-state index >= 15 is 0 Å². The summed E-state index contributed by atoms with van der Waals surface area (Å²) in [6.45, 7) is 0. The molecule has 0 saturated carbocycles. The van der Waals surface area contributed by atoms with Crippen LogP contribution in [0.3, 0.4) is 0 Å². The highest BCUT2D eigenvalue weighted by Gasteiger charge is 2.24. The molecule has 6 N–H and O–H groups in total. The highest BCUT2D eigenvalue weighted by atomic mass is 32.2. The van der Waals surface area contributed by atoms with Gasteiger partial charge in [0.1, 0.15) is 26.9 Å². The fourth-order valence-electron chi connectivity index (χ4n) is 5.56. The van der Waals surface area contributed by atoms with E-state index in [-0.39, 0.29) is 50.0 Å². The van der Waals surface area contributed by atoms with Gasteiger partial charge >= 0.3 is 0 Å². The number of anilines is 1. The minimum absolute atomic E-state index is 0.0592. The SMILES string of the molecule is Nc1c(N=Nc2ccc3c(O)c(N=Nc4ccc(N=Nc5ccccc5)cc4)c(S(=O)(=O)O)cc3c2)cc(S(=O)(=O)O)c2ccc(N=Nc3ccccc3)c(O)c12. The number of phenols is 2. The topological polar surface area (TPSA) is 274 Å². The number of phenolic OH excluding ortho intramolecular Hbond substituents is 2. The molecule has 0 fully saturated rings. The maximum atomic E-state index is 12.5. The van der Waals surface area contributed by atoms with E-state index in [4.69, 9.17) is 5.73 Å². The van der Waals surface area contributed by atoms with Crippen LogP contribution in [0.15, 0.2) is 178 Å². The maximum Gasteiger partial charge on any atom is 0.296 e. The van der Waals surface area contributed by atoms with Gasteiger partial charge in [0.25, 0.3) is 20.2 Å². The largest absolute Gasteiger partial charge is 0.505 e. The van der Waals surface area contributed by atoms with Crippen molar-refractivity contribution in [1.82, 2.24) is 0 Å². The van der Waals surface area contributed by atoms with Gasteiger partial charge in [-0.3, -0.25) is 9.11 Å². The first-order chi connectivity index (χ1) is 27.3. The van der Waals surface area contributed by atoms with Crippen molar-refractivity contribution in [2.45, 2.75) is 9.79 Å². The van der Waals surface area contributed by atoms with Gasteiger partial charge in [0.15, 0.2) is 11.5 Å². The van der Waals surface area contributed by atoms with Gasteiger partial charge in [-0.1, -0.05) is 42.5 Å². The van der Waals surface area contributed by atoms with Crippen LogP contribution < -0.4 is 5.73 Å². The van der Waals surface area contributed by atoms with Crippen LogP contribution in [-0.4, -0.2) is 36.2 Å². The van der Waals surface area contributed by atoms with Crippen molar-refractivity contribution in [2.75, 3.05) is 5.73 Å². The van der Waals surface area contributed by atoms with Gasteiger partial charge in [-0.15, -0.1) is 15.3 Å². The third-order valence-corrected chi connectivity index (χ3v) is 10.0. The molecular weight excluding hydrogens is 775 g/mol. The second-order valence-corrected chi connectivity index (χ2v) is 14.9. The van der Waals surface area contributed by atoms with E-state index in [9.17, 15) is 36.2 Å². The van der Waals surface area contributed by atoms with Gasteiger partial charge in [0.05, 0.1) is 39.5 Å². The number of nitrogen functional groups attached to an aromatic ring is 1. The average molecular weight is 802 g/mol. The molecule has 7 rings (SSSR count). The summed E-state index contributed by atoms with van der Waals surface area (Å²) in [5, 5.41) is 54.7. The number of aromatic hydroxyl groups is 2. The predicted molar refractivity (Wildman–Crippen MR) is 211 cm³/mol. The first-order valence-corrected chi connectivity index (χ1v) is 19.3. The first kappa shape index (κ1) is 38.0. The minimum atomic E-state index is -4.96. The summed E-state index contributed by atoms with van der Waals surface area (Å²) in [6, 6.07) is 32.7. The van der Waals surface area contributed by atoms with Gasteiger partial charge in [-0.2, -0.15) is 42.4 Å². The van der Waals surface area contributed by atoms with Crippen LogP contribution in [0.25, 0.3) is 21.5 Å². The Balaban J connectivity index is 1.22. The van der Waals surface area contributed by atoms with Crippen molar-refractivity contribution in [3.05, 3.63) is 127 Å². The molecule has 0 bridgehead atoms. The normalized spacial score (nSPS) is 12.6.